The molecule has 0 aromatic heterocycles. The summed E-state index contributed by atoms with van der Waals surface area (Å²) in [6.07, 6.45) is 0.466. The van der Waals surface area contributed by atoms with Gasteiger partial charge in [-0.05, 0) is 38.4 Å². The van der Waals surface area contributed by atoms with Crippen LogP contribution in [0.5, 0.6) is 0 Å². The number of hydrogen-bond donors (Lipinski definition) is 0. The summed E-state index contributed by atoms with van der Waals surface area (Å²) >= 11 is 0. The SMILES string of the molecule is CC[C@H]1OC(O[Si](C)(C)C(C)(C)C)[C@@H](N2CCOCC2)[C@H]2OC(C)(C)O[C@H]21. The van der Waals surface area contributed by atoms with Crippen molar-refractivity contribution < 1.29 is 23.4 Å². The standard InChI is InChI=1S/C20H39NO5Si/c1-9-14-16-17(25-20(5,6)24-16)15(21-10-12-22-13-11-21)18(23-14)26-27(7,8)19(2,3)4/h14-18H,9-13H2,1-8H3/t14-,15+,16+,17-,18?/m1/s1. The minimum Gasteiger partial charge on any atom is -0.391 e. The third-order valence-electron chi connectivity index (χ3n) is 6.54. The van der Waals surface area contributed by atoms with Crippen LogP contribution in [-0.2, 0) is 23.4 Å². The lowest BCUT2D eigenvalue weighted by molar-refractivity contribution is -0.241. The lowest BCUT2D eigenvalue weighted by Crippen LogP contribution is -2.66. The van der Waals surface area contributed by atoms with Crippen molar-refractivity contribution in [1.82, 2.24) is 4.90 Å². The van der Waals surface area contributed by atoms with Crippen LogP contribution >= 0.6 is 0 Å². The molecule has 3 fully saturated rings. The van der Waals surface area contributed by atoms with Gasteiger partial charge < -0.3 is 23.4 Å². The molecule has 0 saturated carbocycles. The van der Waals surface area contributed by atoms with Gasteiger partial charge in [-0.2, -0.15) is 0 Å². The van der Waals surface area contributed by atoms with E-state index in [4.69, 9.17) is 23.4 Å². The summed E-state index contributed by atoms with van der Waals surface area (Å²) in [7, 11) is -2.00. The molecule has 0 aromatic carbocycles. The highest BCUT2D eigenvalue weighted by Gasteiger charge is 2.58. The van der Waals surface area contributed by atoms with Crippen LogP contribution in [0.4, 0.5) is 0 Å². The van der Waals surface area contributed by atoms with E-state index in [1.165, 1.54) is 0 Å². The van der Waals surface area contributed by atoms with E-state index >= 15 is 0 Å². The summed E-state index contributed by atoms with van der Waals surface area (Å²) in [6, 6.07) is 0.0256. The predicted octanol–water partition coefficient (Wildman–Crippen LogP) is 3.36. The summed E-state index contributed by atoms with van der Waals surface area (Å²) in [4.78, 5) is 2.43. The number of nitrogens with zero attached hydrogens (tertiary/aromatic N) is 1. The van der Waals surface area contributed by atoms with Gasteiger partial charge in [0.25, 0.3) is 0 Å². The summed E-state index contributed by atoms with van der Waals surface area (Å²) in [6.45, 7) is 20.7. The second kappa shape index (κ2) is 7.67. The zero-order chi connectivity index (χ0) is 20.0. The monoisotopic (exact) mass is 401 g/mol. The van der Waals surface area contributed by atoms with Crippen LogP contribution in [0.15, 0.2) is 0 Å². The Hall–Kier alpha value is -0.0231. The fraction of sp³-hybridized carbons (Fsp3) is 1.00. The van der Waals surface area contributed by atoms with Crippen molar-refractivity contribution >= 4 is 8.32 Å². The number of ether oxygens (including phenoxy) is 4. The Morgan fingerprint density at radius 1 is 1.07 bits per heavy atom. The average molecular weight is 402 g/mol. The highest BCUT2D eigenvalue weighted by atomic mass is 28.4. The summed E-state index contributed by atoms with van der Waals surface area (Å²) in [5.41, 5.74) is 0. The van der Waals surface area contributed by atoms with E-state index in [1.807, 2.05) is 13.8 Å². The molecule has 0 aliphatic carbocycles. The molecule has 5 atom stereocenters. The topological polar surface area (TPSA) is 49.4 Å². The fourth-order valence-electron chi connectivity index (χ4n) is 4.00. The van der Waals surface area contributed by atoms with Crippen LogP contribution in [0.1, 0.15) is 48.0 Å². The molecule has 3 saturated heterocycles. The number of rotatable bonds is 4. The molecule has 0 bridgehead atoms. The van der Waals surface area contributed by atoms with Gasteiger partial charge in [0.15, 0.2) is 20.4 Å². The van der Waals surface area contributed by atoms with Crippen LogP contribution in [0.3, 0.4) is 0 Å². The second-order valence-corrected chi connectivity index (χ2v) is 14.8. The van der Waals surface area contributed by atoms with Crippen molar-refractivity contribution in [3.05, 3.63) is 0 Å². The van der Waals surface area contributed by atoms with E-state index in [-0.39, 0.29) is 35.7 Å². The lowest BCUT2D eigenvalue weighted by Gasteiger charge is -2.50. The van der Waals surface area contributed by atoms with Crippen LogP contribution in [0, 0.1) is 0 Å². The zero-order valence-electron chi connectivity index (χ0n) is 18.4. The molecule has 1 unspecified atom stereocenters. The van der Waals surface area contributed by atoms with Crippen molar-refractivity contribution in [2.45, 2.75) is 103 Å². The number of morpholine rings is 1. The highest BCUT2D eigenvalue weighted by Crippen LogP contribution is 2.44. The first kappa shape index (κ1) is 21.7. The van der Waals surface area contributed by atoms with Crippen molar-refractivity contribution in [1.29, 1.82) is 0 Å². The maximum absolute atomic E-state index is 6.82. The maximum Gasteiger partial charge on any atom is 0.195 e. The largest absolute Gasteiger partial charge is 0.391 e. The maximum atomic E-state index is 6.82. The number of hydrogen-bond acceptors (Lipinski definition) is 6. The molecule has 0 aromatic rings. The molecule has 0 N–H and O–H groups in total. The summed E-state index contributed by atoms with van der Waals surface area (Å²) in [5.74, 6) is -0.595. The highest BCUT2D eigenvalue weighted by molar-refractivity contribution is 6.74. The molecule has 3 aliphatic heterocycles. The molecule has 0 spiro atoms. The molecule has 3 rings (SSSR count). The Balaban J connectivity index is 1.91. The van der Waals surface area contributed by atoms with E-state index in [2.05, 4.69) is 45.7 Å². The molecular formula is C20H39NO5Si. The van der Waals surface area contributed by atoms with Crippen LogP contribution in [-0.4, -0.2) is 76.0 Å². The van der Waals surface area contributed by atoms with E-state index in [1.54, 1.807) is 0 Å². The Labute approximate surface area is 165 Å². The van der Waals surface area contributed by atoms with E-state index in [9.17, 15) is 0 Å². The van der Waals surface area contributed by atoms with Crippen LogP contribution in [0.2, 0.25) is 18.1 Å². The first-order valence-electron chi connectivity index (χ1n) is 10.5. The first-order chi connectivity index (χ1) is 12.5. The summed E-state index contributed by atoms with van der Waals surface area (Å²) < 4.78 is 31.7. The van der Waals surface area contributed by atoms with Crippen molar-refractivity contribution in [3.63, 3.8) is 0 Å². The van der Waals surface area contributed by atoms with Gasteiger partial charge in [-0.3, -0.25) is 4.90 Å². The first-order valence-corrected chi connectivity index (χ1v) is 13.4. The Morgan fingerprint density at radius 3 is 2.22 bits per heavy atom. The zero-order valence-corrected chi connectivity index (χ0v) is 19.4. The second-order valence-electron chi connectivity index (χ2n) is 10.0. The van der Waals surface area contributed by atoms with Gasteiger partial charge in [-0.15, -0.1) is 0 Å². The third-order valence-corrected chi connectivity index (χ3v) is 11.0. The molecule has 3 aliphatic rings. The van der Waals surface area contributed by atoms with Gasteiger partial charge in [-0.1, -0.05) is 27.7 Å². The number of fused-ring (bicyclic) bond motifs is 1. The molecule has 0 amide bonds. The molecule has 0 radical (unpaired) electrons. The molecule has 7 heteroatoms. The molecule has 3 heterocycles. The predicted molar refractivity (Wildman–Crippen MR) is 107 cm³/mol. The third kappa shape index (κ3) is 4.44. The lowest BCUT2D eigenvalue weighted by atomic mass is 9.94. The van der Waals surface area contributed by atoms with Gasteiger partial charge >= 0.3 is 0 Å². The van der Waals surface area contributed by atoms with Gasteiger partial charge in [0, 0.05) is 13.1 Å². The van der Waals surface area contributed by atoms with Crippen LogP contribution in [0.25, 0.3) is 0 Å². The summed E-state index contributed by atoms with van der Waals surface area (Å²) in [5, 5.41) is 0.122. The minimum absolute atomic E-state index is 0.0103. The molecule has 27 heavy (non-hydrogen) atoms. The van der Waals surface area contributed by atoms with Gasteiger partial charge in [0.2, 0.25) is 0 Å². The van der Waals surface area contributed by atoms with Crippen LogP contribution < -0.4 is 0 Å². The van der Waals surface area contributed by atoms with E-state index in [0.717, 1.165) is 32.7 Å². The molecular weight excluding hydrogens is 362 g/mol. The van der Waals surface area contributed by atoms with Crippen molar-refractivity contribution in [2.24, 2.45) is 0 Å². The fourth-order valence-corrected chi connectivity index (χ4v) is 5.13. The minimum atomic E-state index is -2.00. The quantitative estimate of drug-likeness (QED) is 0.673. The average Bonchev–Trinajstić information content (AvgIpc) is 2.88. The normalized spacial score (nSPS) is 38.0. The van der Waals surface area contributed by atoms with E-state index < -0.39 is 14.1 Å². The Kier molecular flexibility index (Phi) is 6.16. The van der Waals surface area contributed by atoms with Crippen molar-refractivity contribution in [2.75, 3.05) is 26.3 Å². The van der Waals surface area contributed by atoms with Gasteiger partial charge in [0.05, 0.1) is 25.4 Å². The van der Waals surface area contributed by atoms with Crippen molar-refractivity contribution in [3.8, 4) is 0 Å². The molecule has 6 nitrogen and oxygen atoms in total. The Morgan fingerprint density at radius 2 is 1.67 bits per heavy atom. The smallest absolute Gasteiger partial charge is 0.195 e. The molecule has 158 valence electrons. The van der Waals surface area contributed by atoms with Gasteiger partial charge in [-0.25, -0.2) is 0 Å². The van der Waals surface area contributed by atoms with Gasteiger partial charge in [0.1, 0.15) is 12.2 Å². The van der Waals surface area contributed by atoms with E-state index in [0.29, 0.717) is 0 Å². The Bertz CT molecular complexity index is 515.